The Kier molecular flexibility index (Phi) is 6.54. The number of hydrogen-bond acceptors (Lipinski definition) is 2. The maximum atomic E-state index is 13.6. The van der Waals surface area contributed by atoms with Crippen LogP contribution >= 0.6 is 0 Å². The lowest BCUT2D eigenvalue weighted by molar-refractivity contribution is 0.0732. The van der Waals surface area contributed by atoms with Crippen LogP contribution in [0.2, 0.25) is 0 Å². The molecule has 0 saturated carbocycles. The van der Waals surface area contributed by atoms with Crippen LogP contribution in [0.1, 0.15) is 105 Å². The van der Waals surface area contributed by atoms with Gasteiger partial charge in [-0.25, -0.2) is 4.79 Å². The van der Waals surface area contributed by atoms with Crippen molar-refractivity contribution in [3.8, 4) is 16.9 Å². The van der Waals surface area contributed by atoms with Crippen molar-refractivity contribution in [3.63, 3.8) is 0 Å². The van der Waals surface area contributed by atoms with Gasteiger partial charge in [-0.3, -0.25) is 0 Å². The molecule has 0 aromatic heterocycles. The first-order chi connectivity index (χ1) is 15.1. The molecule has 0 bridgehead atoms. The monoisotopic (exact) mass is 444 g/mol. The predicted molar refractivity (Wildman–Crippen MR) is 140 cm³/mol. The molecule has 0 aliphatic heterocycles. The van der Waals surface area contributed by atoms with E-state index in [0.29, 0.717) is 17.2 Å². The van der Waals surface area contributed by atoms with Crippen molar-refractivity contribution in [2.24, 2.45) is 0 Å². The molecule has 0 spiro atoms. The highest BCUT2D eigenvalue weighted by molar-refractivity contribution is 6.02. The van der Waals surface area contributed by atoms with E-state index in [9.17, 15) is 4.79 Å². The zero-order chi connectivity index (χ0) is 24.9. The highest BCUT2D eigenvalue weighted by Gasteiger charge is 2.28. The summed E-state index contributed by atoms with van der Waals surface area (Å²) < 4.78 is 6.19. The molecule has 0 amide bonds. The Morgan fingerprint density at radius 3 is 1.91 bits per heavy atom. The summed E-state index contributed by atoms with van der Waals surface area (Å²) in [6.07, 6.45) is 0. The van der Waals surface area contributed by atoms with Crippen LogP contribution in [0.25, 0.3) is 11.1 Å². The number of ether oxygens (including phenoxy) is 1. The van der Waals surface area contributed by atoms with Gasteiger partial charge in [0.2, 0.25) is 0 Å². The van der Waals surface area contributed by atoms with Crippen molar-refractivity contribution in [1.82, 2.24) is 0 Å². The molecule has 0 radical (unpaired) electrons. The van der Waals surface area contributed by atoms with Gasteiger partial charge in [-0.2, -0.15) is 0 Å². The number of carbonyl (C=O) groups is 1. The fourth-order valence-electron chi connectivity index (χ4n) is 4.68. The molecule has 0 fully saturated rings. The van der Waals surface area contributed by atoms with E-state index in [-0.39, 0.29) is 16.8 Å². The zero-order valence-electron chi connectivity index (χ0n) is 22.4. The fraction of sp³-hybridized carbons (Fsp3) is 0.452. The summed E-state index contributed by atoms with van der Waals surface area (Å²) in [5.41, 5.74) is 9.52. The maximum Gasteiger partial charge on any atom is 0.344 e. The summed E-state index contributed by atoms with van der Waals surface area (Å²) in [5.74, 6) is 0.793. The van der Waals surface area contributed by atoms with E-state index in [1.807, 2.05) is 6.07 Å². The Morgan fingerprint density at radius 1 is 0.758 bits per heavy atom. The molecule has 2 heteroatoms. The molecule has 1 aromatic rings. The van der Waals surface area contributed by atoms with Gasteiger partial charge in [0.1, 0.15) is 5.75 Å². The molecule has 0 N–H and O–H groups in total. The van der Waals surface area contributed by atoms with Gasteiger partial charge in [-0.15, -0.1) is 0 Å². The van der Waals surface area contributed by atoms with E-state index in [2.05, 4.69) is 106 Å². The zero-order valence-corrected chi connectivity index (χ0v) is 22.4. The van der Waals surface area contributed by atoms with E-state index in [4.69, 9.17) is 4.74 Å². The second kappa shape index (κ2) is 8.63. The topological polar surface area (TPSA) is 26.3 Å². The van der Waals surface area contributed by atoms with Crippen LogP contribution in [0.4, 0.5) is 0 Å². The van der Waals surface area contributed by atoms with Gasteiger partial charge in [0.25, 0.3) is 0 Å². The average Bonchev–Trinajstić information content (AvgIpc) is 2.89. The van der Waals surface area contributed by atoms with Crippen LogP contribution in [0.5, 0.6) is 5.75 Å². The van der Waals surface area contributed by atoms with E-state index >= 15 is 0 Å². The molecule has 0 saturated heterocycles. The molecule has 2 nitrogen and oxygen atoms in total. The molecular weight excluding hydrogens is 404 g/mol. The molecule has 33 heavy (non-hydrogen) atoms. The first-order valence-electron chi connectivity index (χ1n) is 12.0. The van der Waals surface area contributed by atoms with Gasteiger partial charge < -0.3 is 4.74 Å². The lowest BCUT2D eigenvalue weighted by atomic mass is 9.79. The minimum absolute atomic E-state index is 0.0389. The standard InChI is InChI=1S/C31H40O2/c1-18(2)22-13-12-19(3)28-23(16-22)20(4)14-24(28)29(32)33-27-17-25(30(6,7)8)21(5)15-26(27)31(9,10)11/h12-18H,1-11H3. The highest BCUT2D eigenvalue weighted by atomic mass is 16.5. The number of benzene rings is 1. The Balaban J connectivity index is 2.14. The third kappa shape index (κ3) is 5.00. The lowest BCUT2D eigenvalue weighted by Crippen LogP contribution is -2.20. The SMILES string of the molecule is Cc1cc(C(=O)Oc2cc(C(C)(C)C)c(C)cc2C(C)(C)C)c2c(C)ccc(C(C)C)cc1-2. The van der Waals surface area contributed by atoms with Crippen LogP contribution in [0, 0.1) is 20.8 Å². The predicted octanol–water partition coefficient (Wildman–Crippen LogP) is 8.65. The first-order valence-corrected chi connectivity index (χ1v) is 12.0. The van der Waals surface area contributed by atoms with Gasteiger partial charge in [0, 0.05) is 5.56 Å². The van der Waals surface area contributed by atoms with E-state index < -0.39 is 0 Å². The summed E-state index contributed by atoms with van der Waals surface area (Å²) >= 11 is 0. The minimum atomic E-state index is -0.289. The summed E-state index contributed by atoms with van der Waals surface area (Å²) in [4.78, 5) is 13.6. The number of rotatable bonds is 3. The largest absolute Gasteiger partial charge is 0.423 e. The van der Waals surface area contributed by atoms with Gasteiger partial charge >= 0.3 is 5.97 Å². The van der Waals surface area contributed by atoms with Crippen LogP contribution in [-0.4, -0.2) is 5.97 Å². The number of fused-ring (bicyclic) bond motifs is 1. The van der Waals surface area contributed by atoms with Crippen LogP contribution in [0.3, 0.4) is 0 Å². The highest BCUT2D eigenvalue weighted by Crippen LogP contribution is 2.40. The molecular formula is C31H40O2. The smallest absolute Gasteiger partial charge is 0.344 e. The molecule has 3 rings (SSSR count). The second-order valence-electron chi connectivity index (χ2n) is 11.9. The molecule has 0 atom stereocenters. The lowest BCUT2D eigenvalue weighted by Gasteiger charge is -2.28. The van der Waals surface area contributed by atoms with E-state index in [1.54, 1.807) is 0 Å². The van der Waals surface area contributed by atoms with E-state index in [0.717, 1.165) is 27.8 Å². The van der Waals surface area contributed by atoms with Crippen molar-refractivity contribution in [1.29, 1.82) is 0 Å². The fourth-order valence-corrected chi connectivity index (χ4v) is 4.68. The van der Waals surface area contributed by atoms with Crippen molar-refractivity contribution in [2.45, 2.75) is 92.9 Å². The van der Waals surface area contributed by atoms with Crippen LogP contribution < -0.4 is 4.74 Å². The number of carbonyl (C=O) groups excluding carboxylic acids is 1. The molecule has 2 aliphatic carbocycles. The number of hydrogen-bond donors (Lipinski definition) is 0. The van der Waals surface area contributed by atoms with Gasteiger partial charge in [0.15, 0.2) is 0 Å². The maximum absolute atomic E-state index is 13.6. The molecule has 1 aromatic carbocycles. The molecule has 176 valence electrons. The van der Waals surface area contributed by atoms with Crippen molar-refractivity contribution in [2.75, 3.05) is 0 Å². The Morgan fingerprint density at radius 2 is 1.36 bits per heavy atom. The van der Waals surface area contributed by atoms with Gasteiger partial charge in [0.05, 0.1) is 5.56 Å². The Labute approximate surface area is 200 Å². The Bertz CT molecular complexity index is 1170. The van der Waals surface area contributed by atoms with Crippen molar-refractivity contribution >= 4 is 5.97 Å². The molecule has 0 heterocycles. The summed E-state index contributed by atoms with van der Waals surface area (Å²) in [6, 6.07) is 12.8. The number of esters is 1. The van der Waals surface area contributed by atoms with Crippen LogP contribution in [0.15, 0.2) is 36.4 Å². The molecule has 0 unspecified atom stereocenters. The van der Waals surface area contributed by atoms with Gasteiger partial charge in [-0.1, -0.05) is 79.7 Å². The first kappa shape index (κ1) is 25.0. The van der Waals surface area contributed by atoms with Crippen LogP contribution in [-0.2, 0) is 10.8 Å². The quantitative estimate of drug-likeness (QED) is 0.298. The summed E-state index contributed by atoms with van der Waals surface area (Å²) in [7, 11) is 0. The second-order valence-corrected chi connectivity index (χ2v) is 11.9. The summed E-state index contributed by atoms with van der Waals surface area (Å²) in [6.45, 7) is 23.8. The third-order valence-corrected chi connectivity index (χ3v) is 6.59. The third-order valence-electron chi connectivity index (χ3n) is 6.59. The van der Waals surface area contributed by atoms with E-state index in [1.165, 1.54) is 16.7 Å². The Hall–Kier alpha value is -2.61. The average molecular weight is 445 g/mol. The van der Waals surface area contributed by atoms with Crippen molar-refractivity contribution < 1.29 is 9.53 Å². The molecule has 2 aliphatic rings. The number of aryl methyl sites for hydroxylation is 3. The normalized spacial score (nSPS) is 12.5. The van der Waals surface area contributed by atoms with Gasteiger partial charge in [-0.05, 0) is 88.6 Å². The van der Waals surface area contributed by atoms with Crippen molar-refractivity contribution in [3.05, 3.63) is 75.3 Å². The minimum Gasteiger partial charge on any atom is -0.423 e. The summed E-state index contributed by atoms with van der Waals surface area (Å²) in [5, 5.41) is 0.